The third-order valence-corrected chi connectivity index (χ3v) is 2.80. The van der Waals surface area contributed by atoms with Gasteiger partial charge in [0.25, 0.3) is 0 Å². The molecule has 0 saturated carbocycles. The first-order chi connectivity index (χ1) is 8.34. The maximum absolute atomic E-state index is 11.7. The van der Waals surface area contributed by atoms with Crippen molar-refractivity contribution >= 4 is 5.91 Å². The number of likely N-dealkylation sites (tertiary alicyclic amines) is 1. The summed E-state index contributed by atoms with van der Waals surface area (Å²) in [6.45, 7) is 4.50. The fraction of sp³-hybridized carbons (Fsp3) is 0.917. The van der Waals surface area contributed by atoms with Crippen LogP contribution in [0.5, 0.6) is 0 Å². The number of piperidine rings is 1. The summed E-state index contributed by atoms with van der Waals surface area (Å²) in [6, 6.07) is 0. The summed E-state index contributed by atoms with van der Waals surface area (Å²) in [4.78, 5) is 13.7. The molecule has 0 unspecified atom stereocenters. The fourth-order valence-electron chi connectivity index (χ4n) is 1.87. The van der Waals surface area contributed by atoms with E-state index in [1.807, 2.05) is 4.90 Å². The highest BCUT2D eigenvalue weighted by atomic mass is 16.5. The summed E-state index contributed by atoms with van der Waals surface area (Å²) in [6.07, 6.45) is 4.01. The molecule has 1 aliphatic rings. The van der Waals surface area contributed by atoms with E-state index in [1.165, 1.54) is 6.42 Å². The van der Waals surface area contributed by atoms with Gasteiger partial charge in [-0.15, -0.1) is 0 Å². The van der Waals surface area contributed by atoms with Crippen molar-refractivity contribution in [2.45, 2.75) is 25.7 Å². The highest BCUT2D eigenvalue weighted by Crippen LogP contribution is 2.09. The van der Waals surface area contributed by atoms with Gasteiger partial charge in [-0.2, -0.15) is 0 Å². The summed E-state index contributed by atoms with van der Waals surface area (Å²) in [5, 5.41) is 0. The zero-order chi connectivity index (χ0) is 12.3. The van der Waals surface area contributed by atoms with E-state index < -0.39 is 0 Å². The molecule has 0 aromatic carbocycles. The molecule has 0 radical (unpaired) electrons. The monoisotopic (exact) mass is 244 g/mol. The molecule has 1 amide bonds. The second-order valence-electron chi connectivity index (χ2n) is 4.20. The van der Waals surface area contributed by atoms with Crippen molar-refractivity contribution in [1.82, 2.24) is 4.90 Å². The average Bonchev–Trinajstić information content (AvgIpc) is 2.38. The molecule has 0 aromatic heterocycles. The Morgan fingerprint density at radius 1 is 1.00 bits per heavy atom. The molecule has 0 spiro atoms. The summed E-state index contributed by atoms with van der Waals surface area (Å²) in [5.74, 6) is 0.215. The van der Waals surface area contributed by atoms with Gasteiger partial charge in [0.05, 0.1) is 32.8 Å². The Morgan fingerprint density at radius 3 is 2.29 bits per heavy atom. The first kappa shape index (κ1) is 14.4. The van der Waals surface area contributed by atoms with Crippen molar-refractivity contribution in [3.05, 3.63) is 0 Å². The summed E-state index contributed by atoms with van der Waals surface area (Å²) in [5.41, 5.74) is 5.28. The van der Waals surface area contributed by atoms with Crippen LogP contribution in [0.15, 0.2) is 0 Å². The summed E-state index contributed by atoms with van der Waals surface area (Å²) < 4.78 is 10.5. The van der Waals surface area contributed by atoms with Crippen molar-refractivity contribution in [1.29, 1.82) is 0 Å². The lowest BCUT2D eigenvalue weighted by atomic mass is 10.1. The minimum Gasteiger partial charge on any atom is -0.379 e. The predicted molar refractivity (Wildman–Crippen MR) is 65.7 cm³/mol. The fourth-order valence-corrected chi connectivity index (χ4v) is 1.87. The number of carbonyl (C=O) groups excluding carboxylic acids is 1. The zero-order valence-corrected chi connectivity index (χ0v) is 10.5. The van der Waals surface area contributed by atoms with Gasteiger partial charge in [-0.05, 0) is 19.3 Å². The van der Waals surface area contributed by atoms with Crippen LogP contribution < -0.4 is 5.73 Å². The van der Waals surface area contributed by atoms with Gasteiger partial charge in [-0.1, -0.05) is 0 Å². The Bertz CT molecular complexity index is 206. The molecule has 1 heterocycles. The number of hydrogen-bond acceptors (Lipinski definition) is 4. The van der Waals surface area contributed by atoms with Crippen molar-refractivity contribution in [2.75, 3.05) is 46.1 Å². The Balaban J connectivity index is 1.92. The van der Waals surface area contributed by atoms with Crippen LogP contribution in [0.3, 0.4) is 0 Å². The maximum Gasteiger partial charge on any atom is 0.224 e. The van der Waals surface area contributed by atoms with Crippen LogP contribution in [0.1, 0.15) is 25.7 Å². The zero-order valence-electron chi connectivity index (χ0n) is 10.5. The molecule has 5 nitrogen and oxygen atoms in total. The lowest BCUT2D eigenvalue weighted by Crippen LogP contribution is -2.36. The van der Waals surface area contributed by atoms with Crippen LogP contribution in [0, 0.1) is 0 Å². The van der Waals surface area contributed by atoms with Gasteiger partial charge in [0.1, 0.15) is 0 Å². The van der Waals surface area contributed by atoms with Gasteiger partial charge in [0, 0.05) is 19.6 Å². The second kappa shape index (κ2) is 9.39. The van der Waals surface area contributed by atoms with Crippen molar-refractivity contribution < 1.29 is 14.3 Å². The molecule has 1 aliphatic heterocycles. The standard InChI is InChI=1S/C12H24N2O3/c13-5-9-17-11-10-16-8-4-12(15)14-6-2-1-3-7-14/h1-11,13H2. The predicted octanol–water partition coefficient (Wildman–Crippen LogP) is 0.381. The summed E-state index contributed by atoms with van der Waals surface area (Å²) in [7, 11) is 0. The minimum atomic E-state index is 0.215. The van der Waals surface area contributed by atoms with Gasteiger partial charge >= 0.3 is 0 Å². The van der Waals surface area contributed by atoms with Gasteiger partial charge in [0.2, 0.25) is 5.91 Å². The smallest absolute Gasteiger partial charge is 0.224 e. The van der Waals surface area contributed by atoms with Crippen LogP contribution in [-0.4, -0.2) is 56.9 Å². The number of amides is 1. The largest absolute Gasteiger partial charge is 0.379 e. The lowest BCUT2D eigenvalue weighted by Gasteiger charge is -2.26. The van der Waals surface area contributed by atoms with E-state index in [1.54, 1.807) is 0 Å². The van der Waals surface area contributed by atoms with E-state index in [0.717, 1.165) is 25.9 Å². The number of nitrogens with two attached hydrogens (primary N) is 1. The molecule has 100 valence electrons. The van der Waals surface area contributed by atoms with E-state index in [0.29, 0.717) is 39.4 Å². The van der Waals surface area contributed by atoms with Crippen LogP contribution >= 0.6 is 0 Å². The molecule has 1 fully saturated rings. The third-order valence-electron chi connectivity index (χ3n) is 2.80. The first-order valence-electron chi connectivity index (χ1n) is 6.48. The highest BCUT2D eigenvalue weighted by molar-refractivity contribution is 5.76. The molecule has 0 atom stereocenters. The van der Waals surface area contributed by atoms with E-state index >= 15 is 0 Å². The summed E-state index contributed by atoms with van der Waals surface area (Å²) >= 11 is 0. The van der Waals surface area contributed by atoms with Crippen molar-refractivity contribution in [3.63, 3.8) is 0 Å². The number of carbonyl (C=O) groups is 1. The first-order valence-corrected chi connectivity index (χ1v) is 6.48. The molecular weight excluding hydrogens is 220 g/mol. The Hall–Kier alpha value is -0.650. The molecule has 5 heteroatoms. The lowest BCUT2D eigenvalue weighted by molar-refractivity contribution is -0.133. The van der Waals surface area contributed by atoms with Crippen LogP contribution in [-0.2, 0) is 14.3 Å². The molecule has 1 rings (SSSR count). The molecule has 0 aromatic rings. The number of nitrogens with zero attached hydrogens (tertiary/aromatic N) is 1. The van der Waals surface area contributed by atoms with E-state index in [2.05, 4.69) is 0 Å². The molecular formula is C12H24N2O3. The molecule has 0 bridgehead atoms. The highest BCUT2D eigenvalue weighted by Gasteiger charge is 2.15. The molecule has 0 aliphatic carbocycles. The number of ether oxygens (including phenoxy) is 2. The van der Waals surface area contributed by atoms with E-state index in [-0.39, 0.29) is 5.91 Å². The van der Waals surface area contributed by atoms with E-state index in [9.17, 15) is 4.79 Å². The SMILES string of the molecule is NCCOCCOCCC(=O)N1CCCCC1. The molecule has 1 saturated heterocycles. The third kappa shape index (κ3) is 6.61. The number of rotatable bonds is 8. The Labute approximate surface area is 103 Å². The van der Waals surface area contributed by atoms with Gasteiger partial charge < -0.3 is 20.1 Å². The van der Waals surface area contributed by atoms with Gasteiger partial charge in [-0.25, -0.2) is 0 Å². The maximum atomic E-state index is 11.7. The topological polar surface area (TPSA) is 64.8 Å². The Morgan fingerprint density at radius 2 is 1.65 bits per heavy atom. The van der Waals surface area contributed by atoms with Crippen LogP contribution in [0.4, 0.5) is 0 Å². The average molecular weight is 244 g/mol. The number of hydrogen-bond donors (Lipinski definition) is 1. The second-order valence-corrected chi connectivity index (χ2v) is 4.20. The Kier molecular flexibility index (Phi) is 7.96. The van der Waals surface area contributed by atoms with E-state index in [4.69, 9.17) is 15.2 Å². The van der Waals surface area contributed by atoms with Gasteiger partial charge in [-0.3, -0.25) is 4.79 Å². The molecule has 17 heavy (non-hydrogen) atoms. The van der Waals surface area contributed by atoms with Crippen LogP contribution in [0.2, 0.25) is 0 Å². The molecule has 2 N–H and O–H groups in total. The van der Waals surface area contributed by atoms with Crippen molar-refractivity contribution in [2.24, 2.45) is 5.73 Å². The normalized spacial score (nSPS) is 16.2. The van der Waals surface area contributed by atoms with Gasteiger partial charge in [0.15, 0.2) is 0 Å². The minimum absolute atomic E-state index is 0.215. The van der Waals surface area contributed by atoms with Crippen LogP contribution in [0.25, 0.3) is 0 Å². The van der Waals surface area contributed by atoms with Crippen molar-refractivity contribution in [3.8, 4) is 0 Å². The quantitative estimate of drug-likeness (QED) is 0.627.